The molecule has 0 spiro atoms. The van der Waals surface area contributed by atoms with E-state index in [1.54, 1.807) is 42.5 Å². The molecule has 176 valence electrons. The number of nitrogens with zero attached hydrogens (tertiary/aromatic N) is 1. The number of hydrogen-bond acceptors (Lipinski definition) is 4. The summed E-state index contributed by atoms with van der Waals surface area (Å²) in [6.07, 6.45) is 4.89. The summed E-state index contributed by atoms with van der Waals surface area (Å²) in [5, 5.41) is 6.22. The van der Waals surface area contributed by atoms with Crippen molar-refractivity contribution in [3.05, 3.63) is 66.2 Å². The first-order valence-corrected chi connectivity index (χ1v) is 13.1. The molecule has 33 heavy (non-hydrogen) atoms. The molecule has 2 aromatic carbocycles. The van der Waals surface area contributed by atoms with Gasteiger partial charge >= 0.3 is 0 Å². The van der Waals surface area contributed by atoms with Crippen molar-refractivity contribution in [3.63, 3.8) is 0 Å². The Labute approximate surface area is 195 Å². The number of benzene rings is 2. The highest BCUT2D eigenvalue weighted by molar-refractivity contribution is 7.89. The van der Waals surface area contributed by atoms with Crippen molar-refractivity contribution in [2.75, 3.05) is 13.1 Å². The summed E-state index contributed by atoms with van der Waals surface area (Å²) >= 11 is 0. The quantitative estimate of drug-likeness (QED) is 0.680. The molecule has 4 rings (SSSR count). The lowest BCUT2D eigenvalue weighted by atomic mass is 9.89. The molecule has 3 atom stereocenters. The fourth-order valence-corrected chi connectivity index (χ4v) is 6.28. The standard InChI is InChI=1S/C25H31N3O4S/c29-24(19-10-3-1-4-11-19)26-22-15-7-8-16-23(22)27-25(30)20-12-9-17-28(18-20)33(31,32)21-13-5-2-6-14-21/h1-6,10-11,13-14,20,22-23H,7-9,12,15-18H2,(H,26,29)(H,27,30)/t20-,22+,23+/m0/s1. The van der Waals surface area contributed by atoms with E-state index < -0.39 is 15.9 Å². The van der Waals surface area contributed by atoms with E-state index >= 15 is 0 Å². The summed E-state index contributed by atoms with van der Waals surface area (Å²) in [4.78, 5) is 26.0. The number of carbonyl (C=O) groups excluding carboxylic acids is 2. The first kappa shape index (κ1) is 23.4. The third kappa shape index (κ3) is 5.62. The van der Waals surface area contributed by atoms with Crippen molar-refractivity contribution in [1.82, 2.24) is 14.9 Å². The fraction of sp³-hybridized carbons (Fsp3) is 0.440. The smallest absolute Gasteiger partial charge is 0.251 e. The molecule has 8 heteroatoms. The van der Waals surface area contributed by atoms with E-state index in [-0.39, 0.29) is 35.3 Å². The summed E-state index contributed by atoms with van der Waals surface area (Å²) in [6.45, 7) is 0.594. The van der Waals surface area contributed by atoms with Crippen molar-refractivity contribution in [1.29, 1.82) is 0 Å². The third-order valence-electron chi connectivity index (χ3n) is 6.58. The largest absolute Gasteiger partial charge is 0.351 e. The Balaban J connectivity index is 1.39. The highest BCUT2D eigenvalue weighted by atomic mass is 32.2. The average molecular weight is 470 g/mol. The Bertz CT molecular complexity index is 1060. The molecule has 1 heterocycles. The number of sulfonamides is 1. The molecule has 0 bridgehead atoms. The second-order valence-electron chi connectivity index (χ2n) is 8.86. The number of piperidine rings is 1. The van der Waals surface area contributed by atoms with Gasteiger partial charge in [-0.2, -0.15) is 4.31 Å². The van der Waals surface area contributed by atoms with Crippen LogP contribution in [0, 0.1) is 5.92 Å². The second kappa shape index (κ2) is 10.5. The van der Waals surface area contributed by atoms with Crippen molar-refractivity contribution < 1.29 is 18.0 Å². The van der Waals surface area contributed by atoms with Gasteiger partial charge in [-0.05, 0) is 49.9 Å². The molecule has 1 saturated carbocycles. The van der Waals surface area contributed by atoms with Gasteiger partial charge in [-0.15, -0.1) is 0 Å². The molecule has 0 unspecified atom stereocenters. The first-order chi connectivity index (χ1) is 15.9. The molecule has 7 nitrogen and oxygen atoms in total. The SMILES string of the molecule is O=C(N[C@@H]1CCCC[C@H]1NC(=O)[C@H]1CCCN(S(=O)(=O)c2ccccc2)C1)c1ccccc1. The van der Waals surface area contributed by atoms with Crippen molar-refractivity contribution in [3.8, 4) is 0 Å². The molecule has 2 amide bonds. The van der Waals surface area contributed by atoms with Gasteiger partial charge in [0.1, 0.15) is 0 Å². The van der Waals surface area contributed by atoms with Crippen LogP contribution in [0.2, 0.25) is 0 Å². The zero-order valence-corrected chi connectivity index (χ0v) is 19.5. The lowest BCUT2D eigenvalue weighted by molar-refractivity contribution is -0.127. The monoisotopic (exact) mass is 469 g/mol. The highest BCUT2D eigenvalue weighted by Gasteiger charge is 2.35. The maximum Gasteiger partial charge on any atom is 0.251 e. The van der Waals surface area contributed by atoms with Crippen LogP contribution in [0.1, 0.15) is 48.9 Å². The van der Waals surface area contributed by atoms with Crippen LogP contribution in [-0.2, 0) is 14.8 Å². The predicted molar refractivity (Wildman–Crippen MR) is 126 cm³/mol. The normalized spacial score (nSPS) is 24.1. The summed E-state index contributed by atoms with van der Waals surface area (Å²) in [6, 6.07) is 17.1. The number of carbonyl (C=O) groups is 2. The van der Waals surface area contributed by atoms with Crippen molar-refractivity contribution >= 4 is 21.8 Å². The molecule has 2 fully saturated rings. The fourth-order valence-electron chi connectivity index (χ4n) is 4.73. The molecule has 2 aromatic rings. The van der Waals surface area contributed by atoms with Crippen LogP contribution in [0.3, 0.4) is 0 Å². The van der Waals surface area contributed by atoms with Crippen LogP contribution < -0.4 is 10.6 Å². The van der Waals surface area contributed by atoms with Gasteiger partial charge < -0.3 is 10.6 Å². The molecule has 0 aromatic heterocycles. The zero-order chi connectivity index (χ0) is 23.3. The summed E-state index contributed by atoms with van der Waals surface area (Å²) in [5.74, 6) is -0.669. The van der Waals surface area contributed by atoms with E-state index in [2.05, 4.69) is 10.6 Å². The number of rotatable bonds is 6. The zero-order valence-electron chi connectivity index (χ0n) is 18.7. The molecule has 1 aliphatic heterocycles. The van der Waals surface area contributed by atoms with Crippen LogP contribution in [-0.4, -0.2) is 49.7 Å². The van der Waals surface area contributed by atoms with Crippen LogP contribution in [0.15, 0.2) is 65.6 Å². The lowest BCUT2D eigenvalue weighted by Gasteiger charge is -2.36. The van der Waals surface area contributed by atoms with E-state index in [0.29, 0.717) is 24.9 Å². The lowest BCUT2D eigenvalue weighted by Crippen LogP contribution is -2.55. The van der Waals surface area contributed by atoms with Gasteiger partial charge in [0, 0.05) is 30.7 Å². The maximum atomic E-state index is 13.1. The van der Waals surface area contributed by atoms with E-state index in [9.17, 15) is 18.0 Å². The van der Waals surface area contributed by atoms with Crippen LogP contribution in [0.25, 0.3) is 0 Å². The topological polar surface area (TPSA) is 95.6 Å². The minimum absolute atomic E-state index is 0.131. The Hall–Kier alpha value is -2.71. The Kier molecular flexibility index (Phi) is 7.45. The van der Waals surface area contributed by atoms with Gasteiger partial charge in [-0.3, -0.25) is 9.59 Å². The highest BCUT2D eigenvalue weighted by Crippen LogP contribution is 2.25. The Morgan fingerprint density at radius 3 is 2.06 bits per heavy atom. The van der Waals surface area contributed by atoms with E-state index in [1.165, 1.54) is 4.31 Å². The summed E-state index contributed by atoms with van der Waals surface area (Å²) in [7, 11) is -3.62. The average Bonchev–Trinajstić information content (AvgIpc) is 2.86. The van der Waals surface area contributed by atoms with Crippen molar-refractivity contribution in [2.24, 2.45) is 5.92 Å². The molecule has 2 N–H and O–H groups in total. The number of amides is 2. The minimum Gasteiger partial charge on any atom is -0.351 e. The molecule has 1 saturated heterocycles. The second-order valence-corrected chi connectivity index (χ2v) is 10.8. The maximum absolute atomic E-state index is 13.1. The van der Waals surface area contributed by atoms with Crippen LogP contribution >= 0.6 is 0 Å². The molecular formula is C25H31N3O4S. The van der Waals surface area contributed by atoms with Gasteiger partial charge in [-0.25, -0.2) is 8.42 Å². The van der Waals surface area contributed by atoms with Crippen molar-refractivity contribution in [2.45, 2.75) is 55.5 Å². The van der Waals surface area contributed by atoms with Gasteiger partial charge in [0.05, 0.1) is 10.8 Å². The van der Waals surface area contributed by atoms with E-state index in [0.717, 1.165) is 25.7 Å². The van der Waals surface area contributed by atoms with Gasteiger partial charge in [0.2, 0.25) is 15.9 Å². The minimum atomic E-state index is -3.62. The van der Waals surface area contributed by atoms with E-state index in [1.807, 2.05) is 18.2 Å². The molecular weight excluding hydrogens is 438 g/mol. The number of nitrogens with one attached hydrogen (secondary N) is 2. The summed E-state index contributed by atoms with van der Waals surface area (Å²) < 4.78 is 27.4. The van der Waals surface area contributed by atoms with Gasteiger partial charge in [0.25, 0.3) is 5.91 Å². The summed E-state index contributed by atoms with van der Waals surface area (Å²) in [5.41, 5.74) is 0.599. The predicted octanol–water partition coefficient (Wildman–Crippen LogP) is 2.94. The Morgan fingerprint density at radius 1 is 0.788 bits per heavy atom. The van der Waals surface area contributed by atoms with E-state index in [4.69, 9.17) is 0 Å². The molecule has 1 aliphatic carbocycles. The van der Waals surface area contributed by atoms with Gasteiger partial charge in [0.15, 0.2) is 0 Å². The molecule has 0 radical (unpaired) electrons. The first-order valence-electron chi connectivity index (χ1n) is 11.7. The van der Waals surface area contributed by atoms with Crippen LogP contribution in [0.5, 0.6) is 0 Å². The van der Waals surface area contributed by atoms with Gasteiger partial charge in [-0.1, -0.05) is 49.2 Å². The van der Waals surface area contributed by atoms with Crippen LogP contribution in [0.4, 0.5) is 0 Å². The third-order valence-corrected chi connectivity index (χ3v) is 8.46. The Morgan fingerprint density at radius 2 is 1.39 bits per heavy atom. The molecule has 2 aliphatic rings. The number of hydrogen-bond donors (Lipinski definition) is 2.